The number of phosphoric acid groups is 1. The van der Waals surface area contributed by atoms with Crippen LogP contribution in [0.5, 0.6) is 0 Å². The maximum absolute atomic E-state index is 12.7. The highest BCUT2D eigenvalue weighted by molar-refractivity contribution is 7.45. The van der Waals surface area contributed by atoms with Crippen LogP contribution < -0.4 is 4.89 Å². The molecule has 0 saturated heterocycles. The van der Waals surface area contributed by atoms with Crippen molar-refractivity contribution >= 4 is 19.8 Å². The van der Waals surface area contributed by atoms with Gasteiger partial charge >= 0.3 is 11.9 Å². The summed E-state index contributed by atoms with van der Waals surface area (Å²) in [6.45, 7) is 4.13. The molecule has 0 aromatic rings. The number of quaternary nitrogens is 1. The number of carbonyl (C=O) groups is 2. The molecule has 0 aromatic heterocycles. The summed E-state index contributed by atoms with van der Waals surface area (Å²) in [7, 11) is 1.13. The van der Waals surface area contributed by atoms with Gasteiger partial charge in [-0.25, -0.2) is 0 Å². The Hall–Kier alpha value is -2.29. The largest absolute Gasteiger partial charge is 0.756 e. The summed E-state index contributed by atoms with van der Waals surface area (Å²) < 4.78 is 33.9. The summed E-state index contributed by atoms with van der Waals surface area (Å²) in [5.41, 5.74) is 0. The molecule has 0 heterocycles. The molecule has 0 radical (unpaired) electrons. The van der Waals surface area contributed by atoms with Crippen molar-refractivity contribution in [2.24, 2.45) is 0 Å². The first-order valence-corrected chi connectivity index (χ1v) is 24.5. The lowest BCUT2D eigenvalue weighted by atomic mass is 10.1. The molecule has 336 valence electrons. The van der Waals surface area contributed by atoms with Crippen LogP contribution in [0.15, 0.2) is 60.8 Å². The molecule has 0 N–H and O–H groups in total. The standard InChI is InChI=1S/C48H86NO8P/c1-6-8-10-12-14-16-18-20-22-23-24-25-27-28-30-32-34-36-38-40-47(50)54-44-46(45-56-58(52,53)55-43-42-49(3,4)5)57-48(51)41-39-37-35-33-31-29-26-21-19-17-15-13-11-9-7-2/h14,16,20,22,24-25,28,30-31,33,46H,6-13,15,17-19,21,23,26-27,29,32,34-45H2,1-5H3/b16-14+,22-20+,25-24+,30-28+,33-31+/t46-/m1/s1. The second kappa shape index (κ2) is 40.1. The number of esters is 2. The molecule has 0 aromatic carbocycles. The van der Waals surface area contributed by atoms with Gasteiger partial charge in [0, 0.05) is 12.8 Å². The fraction of sp³-hybridized carbons (Fsp3) is 0.750. The van der Waals surface area contributed by atoms with Gasteiger partial charge in [0.15, 0.2) is 6.10 Å². The van der Waals surface area contributed by atoms with Crippen LogP contribution >= 0.6 is 7.82 Å². The van der Waals surface area contributed by atoms with E-state index in [4.69, 9.17) is 18.5 Å². The first kappa shape index (κ1) is 55.7. The molecular weight excluding hydrogens is 750 g/mol. The zero-order chi connectivity index (χ0) is 42.8. The number of likely N-dealkylation sites (N-methyl/N-ethyl adjacent to an activating group) is 1. The van der Waals surface area contributed by atoms with Crippen molar-refractivity contribution in [1.29, 1.82) is 0 Å². The molecule has 2 atom stereocenters. The smallest absolute Gasteiger partial charge is 0.306 e. The Bertz CT molecular complexity index is 1170. The van der Waals surface area contributed by atoms with Crippen LogP contribution in [0.2, 0.25) is 0 Å². The molecule has 0 bridgehead atoms. The maximum Gasteiger partial charge on any atom is 0.306 e. The van der Waals surface area contributed by atoms with E-state index in [0.717, 1.165) is 57.8 Å². The minimum absolute atomic E-state index is 0.0419. The zero-order valence-electron chi connectivity index (χ0n) is 37.7. The predicted octanol–water partition coefficient (Wildman–Crippen LogP) is 12.6. The van der Waals surface area contributed by atoms with Gasteiger partial charge in [-0.15, -0.1) is 0 Å². The highest BCUT2D eigenvalue weighted by Crippen LogP contribution is 2.38. The molecule has 0 aliphatic carbocycles. The van der Waals surface area contributed by atoms with E-state index in [9.17, 15) is 19.0 Å². The Labute approximate surface area is 356 Å². The van der Waals surface area contributed by atoms with Gasteiger partial charge in [0.25, 0.3) is 7.82 Å². The van der Waals surface area contributed by atoms with Crippen molar-refractivity contribution in [2.75, 3.05) is 47.5 Å². The molecule has 9 nitrogen and oxygen atoms in total. The highest BCUT2D eigenvalue weighted by Gasteiger charge is 2.21. The number of hydrogen-bond acceptors (Lipinski definition) is 8. The van der Waals surface area contributed by atoms with E-state index in [-0.39, 0.29) is 26.1 Å². The van der Waals surface area contributed by atoms with Gasteiger partial charge in [0.05, 0.1) is 27.7 Å². The molecule has 0 spiro atoms. The minimum Gasteiger partial charge on any atom is -0.756 e. The first-order chi connectivity index (χ1) is 28.0. The van der Waals surface area contributed by atoms with Crippen LogP contribution in [-0.2, 0) is 32.7 Å². The van der Waals surface area contributed by atoms with Gasteiger partial charge < -0.3 is 27.9 Å². The number of carbonyl (C=O) groups excluding carboxylic acids is 2. The number of unbranched alkanes of at least 4 members (excludes halogenated alkanes) is 17. The van der Waals surface area contributed by atoms with E-state index in [1.165, 1.54) is 83.5 Å². The summed E-state index contributed by atoms with van der Waals surface area (Å²) in [6.07, 6.45) is 48.2. The van der Waals surface area contributed by atoms with Crippen molar-refractivity contribution in [3.05, 3.63) is 60.8 Å². The molecular formula is C48H86NO8P. The fourth-order valence-electron chi connectivity index (χ4n) is 5.87. The lowest BCUT2D eigenvalue weighted by Gasteiger charge is -2.28. The Kier molecular flexibility index (Phi) is 38.5. The molecule has 0 amide bonds. The number of rotatable bonds is 41. The summed E-state index contributed by atoms with van der Waals surface area (Å²) in [6, 6.07) is 0. The maximum atomic E-state index is 12.7. The van der Waals surface area contributed by atoms with E-state index in [0.29, 0.717) is 23.9 Å². The second-order valence-electron chi connectivity index (χ2n) is 16.4. The van der Waals surface area contributed by atoms with E-state index in [1.54, 1.807) is 0 Å². The van der Waals surface area contributed by atoms with Crippen molar-refractivity contribution in [3.8, 4) is 0 Å². The van der Waals surface area contributed by atoms with E-state index >= 15 is 0 Å². The Morgan fingerprint density at radius 1 is 0.534 bits per heavy atom. The average molecular weight is 836 g/mol. The van der Waals surface area contributed by atoms with Crippen molar-refractivity contribution < 1.29 is 42.1 Å². The molecule has 58 heavy (non-hydrogen) atoms. The summed E-state index contributed by atoms with van der Waals surface area (Å²) in [5.74, 6) is -0.899. The van der Waals surface area contributed by atoms with Crippen molar-refractivity contribution in [2.45, 2.75) is 187 Å². The van der Waals surface area contributed by atoms with Crippen LogP contribution in [0.1, 0.15) is 181 Å². The lowest BCUT2D eigenvalue weighted by molar-refractivity contribution is -0.870. The summed E-state index contributed by atoms with van der Waals surface area (Å²) in [5, 5.41) is 0. The fourth-order valence-corrected chi connectivity index (χ4v) is 6.60. The summed E-state index contributed by atoms with van der Waals surface area (Å²) in [4.78, 5) is 37.5. The molecule has 0 aliphatic heterocycles. The van der Waals surface area contributed by atoms with E-state index in [2.05, 4.69) is 74.6 Å². The Balaban J connectivity index is 4.43. The number of allylic oxidation sites excluding steroid dienone is 10. The quantitative estimate of drug-likeness (QED) is 0.0197. The van der Waals surface area contributed by atoms with Gasteiger partial charge in [0.1, 0.15) is 19.8 Å². The normalized spacial score (nSPS) is 14.1. The molecule has 0 aliphatic rings. The van der Waals surface area contributed by atoms with E-state index in [1.807, 2.05) is 21.1 Å². The number of nitrogens with zero attached hydrogens (tertiary/aromatic N) is 1. The van der Waals surface area contributed by atoms with Gasteiger partial charge in [-0.3, -0.25) is 14.2 Å². The Morgan fingerprint density at radius 3 is 1.47 bits per heavy atom. The predicted molar refractivity (Wildman–Crippen MR) is 240 cm³/mol. The monoisotopic (exact) mass is 836 g/mol. The first-order valence-electron chi connectivity index (χ1n) is 23.0. The van der Waals surface area contributed by atoms with Gasteiger partial charge in [-0.1, -0.05) is 145 Å². The number of phosphoric ester groups is 1. The third kappa shape index (κ3) is 43.3. The van der Waals surface area contributed by atoms with Crippen LogP contribution in [0.25, 0.3) is 0 Å². The third-order valence-electron chi connectivity index (χ3n) is 9.51. The molecule has 1 unspecified atom stereocenters. The lowest BCUT2D eigenvalue weighted by Crippen LogP contribution is -2.37. The van der Waals surface area contributed by atoms with Gasteiger partial charge in [-0.05, 0) is 83.5 Å². The van der Waals surface area contributed by atoms with Gasteiger partial charge in [0.2, 0.25) is 0 Å². The van der Waals surface area contributed by atoms with Gasteiger partial charge in [-0.2, -0.15) is 0 Å². The topological polar surface area (TPSA) is 111 Å². The zero-order valence-corrected chi connectivity index (χ0v) is 38.6. The van der Waals surface area contributed by atoms with Crippen molar-refractivity contribution in [1.82, 2.24) is 0 Å². The number of hydrogen-bond donors (Lipinski definition) is 0. The van der Waals surface area contributed by atoms with Crippen LogP contribution in [0.4, 0.5) is 0 Å². The highest BCUT2D eigenvalue weighted by atomic mass is 31.2. The molecule has 0 rings (SSSR count). The molecule has 10 heteroatoms. The van der Waals surface area contributed by atoms with Crippen molar-refractivity contribution in [3.63, 3.8) is 0 Å². The summed E-state index contributed by atoms with van der Waals surface area (Å²) >= 11 is 0. The van der Waals surface area contributed by atoms with Crippen LogP contribution in [0.3, 0.4) is 0 Å². The van der Waals surface area contributed by atoms with Crippen LogP contribution in [0, 0.1) is 0 Å². The SMILES string of the molecule is CCCCC/C=C/C/C=C/C/C=C/C/C=C/CCCCCC(=O)OC[C@H](COP(=O)([O-])OCC[N+](C)(C)C)OC(=O)CCCC/C=C/CCCCCCCCCCC. The third-order valence-corrected chi connectivity index (χ3v) is 10.5. The van der Waals surface area contributed by atoms with Crippen LogP contribution in [-0.4, -0.2) is 70.0 Å². The average Bonchev–Trinajstić information content (AvgIpc) is 3.17. The second-order valence-corrected chi connectivity index (χ2v) is 17.8. The minimum atomic E-state index is -4.64. The molecule has 0 fully saturated rings. The Morgan fingerprint density at radius 2 is 0.931 bits per heavy atom. The van der Waals surface area contributed by atoms with E-state index < -0.39 is 32.5 Å². The number of ether oxygens (including phenoxy) is 2. The molecule has 0 saturated carbocycles.